The summed E-state index contributed by atoms with van der Waals surface area (Å²) in [4.78, 5) is 30.5. The SMILES string of the molecule is C=C(/C=C\C=C/C)C(C)(C)NC(=O)[C@@H]1c2ccccc2C(=O)N([C@H]2CCCC[C@@H]2NS(C)(=O)=O)[C@H]1c1ccc(Cl)cc1. The van der Waals surface area contributed by atoms with Crippen LogP contribution in [-0.2, 0) is 14.8 Å². The molecule has 0 bridgehead atoms. The molecule has 42 heavy (non-hydrogen) atoms. The Morgan fingerprint density at radius 1 is 1.07 bits per heavy atom. The summed E-state index contributed by atoms with van der Waals surface area (Å²) >= 11 is 6.26. The first-order valence-electron chi connectivity index (χ1n) is 14.3. The largest absolute Gasteiger partial charge is 0.347 e. The van der Waals surface area contributed by atoms with Crippen LogP contribution in [0.4, 0.5) is 0 Å². The lowest BCUT2D eigenvalue weighted by atomic mass is 9.76. The van der Waals surface area contributed by atoms with Crippen LogP contribution in [0.2, 0.25) is 5.02 Å². The zero-order chi connectivity index (χ0) is 30.7. The van der Waals surface area contributed by atoms with E-state index in [2.05, 4.69) is 16.6 Å². The van der Waals surface area contributed by atoms with Gasteiger partial charge >= 0.3 is 0 Å². The molecule has 1 aliphatic carbocycles. The Bertz CT molecular complexity index is 1500. The van der Waals surface area contributed by atoms with Crippen LogP contribution < -0.4 is 10.0 Å². The Morgan fingerprint density at radius 3 is 2.40 bits per heavy atom. The molecule has 0 radical (unpaired) electrons. The lowest BCUT2D eigenvalue weighted by Crippen LogP contribution is -2.59. The number of nitrogens with one attached hydrogen (secondary N) is 2. The highest BCUT2D eigenvalue weighted by Gasteiger charge is 2.49. The standard InChI is InChI=1S/C33H40ClN3O4S/c1-6-7-8-13-22(2)33(3,4)35-31(38)29-25-14-9-10-15-26(25)32(39)37(30(29)23-18-20-24(34)21-19-23)28-17-12-11-16-27(28)36-42(5,40)41/h6-10,13-15,18-21,27-30,36H,2,11-12,16-17H2,1,3-5H3,(H,35,38)/b7-6-,13-8-/t27-,28-,29+,30-/m0/s1. The summed E-state index contributed by atoms with van der Waals surface area (Å²) in [6.07, 6.45) is 11.6. The van der Waals surface area contributed by atoms with Gasteiger partial charge in [0.25, 0.3) is 5.91 Å². The molecule has 0 saturated heterocycles. The van der Waals surface area contributed by atoms with Gasteiger partial charge in [0.05, 0.1) is 23.8 Å². The minimum absolute atomic E-state index is 0.222. The van der Waals surface area contributed by atoms with Gasteiger partial charge in [0.2, 0.25) is 15.9 Å². The van der Waals surface area contributed by atoms with Crippen molar-refractivity contribution in [1.29, 1.82) is 0 Å². The quantitative estimate of drug-likeness (QED) is 0.338. The molecule has 0 spiro atoms. The van der Waals surface area contributed by atoms with E-state index in [0.29, 0.717) is 29.0 Å². The monoisotopic (exact) mass is 609 g/mol. The van der Waals surface area contributed by atoms with E-state index < -0.39 is 39.6 Å². The molecule has 224 valence electrons. The molecular weight excluding hydrogens is 570 g/mol. The first-order chi connectivity index (χ1) is 19.8. The van der Waals surface area contributed by atoms with Crippen LogP contribution in [0.25, 0.3) is 0 Å². The summed E-state index contributed by atoms with van der Waals surface area (Å²) in [6, 6.07) is 12.8. The second-order valence-corrected chi connectivity index (χ2v) is 13.9. The third-order valence-electron chi connectivity index (χ3n) is 8.16. The number of benzene rings is 2. The molecule has 2 aromatic rings. The van der Waals surface area contributed by atoms with Crippen molar-refractivity contribution in [1.82, 2.24) is 14.9 Å². The van der Waals surface area contributed by atoms with Crippen LogP contribution in [0, 0.1) is 0 Å². The Balaban J connectivity index is 1.86. The number of nitrogens with zero attached hydrogens (tertiary/aromatic N) is 1. The van der Waals surface area contributed by atoms with Gasteiger partial charge in [-0.3, -0.25) is 9.59 Å². The fourth-order valence-corrected chi connectivity index (χ4v) is 6.98. The predicted octanol–water partition coefficient (Wildman–Crippen LogP) is 6.06. The van der Waals surface area contributed by atoms with Gasteiger partial charge in [-0.15, -0.1) is 0 Å². The molecule has 1 aliphatic heterocycles. The van der Waals surface area contributed by atoms with Crippen LogP contribution in [0.15, 0.2) is 85.0 Å². The van der Waals surface area contributed by atoms with Crippen LogP contribution in [0.5, 0.6) is 0 Å². The summed E-state index contributed by atoms with van der Waals surface area (Å²) in [5.41, 5.74) is 1.75. The van der Waals surface area contributed by atoms with Gasteiger partial charge in [0.15, 0.2) is 0 Å². The lowest BCUT2D eigenvalue weighted by molar-refractivity contribution is -0.125. The number of halogens is 1. The van der Waals surface area contributed by atoms with E-state index in [1.807, 2.05) is 69.3 Å². The Labute approximate surface area is 254 Å². The van der Waals surface area contributed by atoms with Gasteiger partial charge in [0, 0.05) is 22.7 Å². The molecule has 1 saturated carbocycles. The minimum Gasteiger partial charge on any atom is -0.347 e. The Hall–Kier alpha value is -3.20. The van der Waals surface area contributed by atoms with Crippen molar-refractivity contribution in [2.75, 3.05) is 6.26 Å². The molecule has 1 fully saturated rings. The maximum absolute atomic E-state index is 14.4. The normalized spacial score (nSPS) is 23.3. The number of rotatable bonds is 9. The highest BCUT2D eigenvalue weighted by molar-refractivity contribution is 7.88. The van der Waals surface area contributed by atoms with Crippen molar-refractivity contribution in [2.45, 2.75) is 76.0 Å². The zero-order valence-electron chi connectivity index (χ0n) is 24.6. The van der Waals surface area contributed by atoms with E-state index >= 15 is 0 Å². The Kier molecular flexibility index (Phi) is 9.81. The first-order valence-corrected chi connectivity index (χ1v) is 16.6. The molecule has 4 atom stereocenters. The highest BCUT2D eigenvalue weighted by Crippen LogP contribution is 2.46. The van der Waals surface area contributed by atoms with E-state index in [-0.39, 0.29) is 11.8 Å². The first kappa shape index (κ1) is 31.7. The second-order valence-electron chi connectivity index (χ2n) is 11.6. The molecular formula is C33H40ClN3O4S. The number of sulfonamides is 1. The van der Waals surface area contributed by atoms with Gasteiger partial charge < -0.3 is 10.2 Å². The summed E-state index contributed by atoms with van der Waals surface area (Å²) in [6.45, 7) is 9.91. The fourth-order valence-electron chi connectivity index (χ4n) is 6.03. The van der Waals surface area contributed by atoms with Gasteiger partial charge in [-0.2, -0.15) is 0 Å². The maximum atomic E-state index is 14.4. The second kappa shape index (κ2) is 13.0. The van der Waals surface area contributed by atoms with E-state index in [0.717, 1.165) is 30.2 Å². The van der Waals surface area contributed by atoms with E-state index in [1.54, 1.807) is 29.2 Å². The number of allylic oxidation sites excluding steroid dienone is 3. The molecule has 2 aromatic carbocycles. The molecule has 1 heterocycles. The van der Waals surface area contributed by atoms with Crippen LogP contribution >= 0.6 is 11.6 Å². The number of amides is 2. The topological polar surface area (TPSA) is 95.6 Å². The van der Waals surface area contributed by atoms with Gasteiger partial charge in [-0.25, -0.2) is 13.1 Å². The van der Waals surface area contributed by atoms with Gasteiger partial charge in [-0.1, -0.05) is 85.7 Å². The van der Waals surface area contributed by atoms with Crippen molar-refractivity contribution >= 4 is 33.4 Å². The molecule has 0 aromatic heterocycles. The van der Waals surface area contributed by atoms with Crippen LogP contribution in [-0.4, -0.2) is 49.0 Å². The van der Waals surface area contributed by atoms with Crippen LogP contribution in [0.1, 0.15) is 79.9 Å². The van der Waals surface area contributed by atoms with Crippen molar-refractivity contribution in [3.05, 3.63) is 107 Å². The third kappa shape index (κ3) is 7.05. The van der Waals surface area contributed by atoms with E-state index in [1.165, 1.54) is 0 Å². The molecule has 4 rings (SSSR count). The van der Waals surface area contributed by atoms with Gasteiger partial charge in [-0.05, 0) is 68.5 Å². The number of fused-ring (bicyclic) bond motifs is 1. The highest BCUT2D eigenvalue weighted by atomic mass is 35.5. The molecule has 2 amide bonds. The third-order valence-corrected chi connectivity index (χ3v) is 9.14. The molecule has 2 aliphatic rings. The summed E-state index contributed by atoms with van der Waals surface area (Å²) in [5, 5.41) is 3.74. The number of hydrogen-bond acceptors (Lipinski definition) is 4. The van der Waals surface area contributed by atoms with E-state index in [9.17, 15) is 18.0 Å². The maximum Gasteiger partial charge on any atom is 0.255 e. The predicted molar refractivity (Wildman–Crippen MR) is 169 cm³/mol. The number of hydrogen-bond donors (Lipinski definition) is 2. The summed E-state index contributed by atoms with van der Waals surface area (Å²) in [7, 11) is -3.54. The van der Waals surface area contributed by atoms with Crippen molar-refractivity contribution in [2.24, 2.45) is 0 Å². The summed E-state index contributed by atoms with van der Waals surface area (Å²) < 4.78 is 27.5. The number of carbonyl (C=O) groups is 2. The van der Waals surface area contributed by atoms with Crippen molar-refractivity contribution in [3.8, 4) is 0 Å². The molecule has 2 N–H and O–H groups in total. The molecule has 0 unspecified atom stereocenters. The Morgan fingerprint density at radius 2 is 1.74 bits per heavy atom. The van der Waals surface area contributed by atoms with Crippen molar-refractivity contribution < 1.29 is 18.0 Å². The molecule has 9 heteroatoms. The minimum atomic E-state index is -3.54. The van der Waals surface area contributed by atoms with E-state index in [4.69, 9.17) is 11.6 Å². The smallest absolute Gasteiger partial charge is 0.255 e. The summed E-state index contributed by atoms with van der Waals surface area (Å²) in [5.74, 6) is -1.25. The fraction of sp³-hybridized carbons (Fsp3) is 0.394. The lowest BCUT2D eigenvalue weighted by Gasteiger charge is -2.49. The zero-order valence-corrected chi connectivity index (χ0v) is 26.2. The molecule has 7 nitrogen and oxygen atoms in total. The average molecular weight is 610 g/mol. The average Bonchev–Trinajstić information content (AvgIpc) is 2.93. The van der Waals surface area contributed by atoms with Crippen LogP contribution in [0.3, 0.4) is 0 Å². The van der Waals surface area contributed by atoms with Crippen molar-refractivity contribution in [3.63, 3.8) is 0 Å². The van der Waals surface area contributed by atoms with Gasteiger partial charge in [0.1, 0.15) is 0 Å². The number of carbonyl (C=O) groups excluding carboxylic acids is 2.